The molecule has 9 aromatic carbocycles. The monoisotopic (exact) mass is 740 g/mol. The number of aromatic nitrogens is 4. The van der Waals surface area contributed by atoms with Crippen molar-refractivity contribution in [2.75, 3.05) is 0 Å². The number of nitrogens with zero attached hydrogens (tertiary/aromatic N) is 4. The first kappa shape index (κ1) is 32.4. The molecule has 3 aromatic heterocycles. The average Bonchev–Trinajstić information content (AvgIpc) is 3.82. The van der Waals surface area contributed by atoms with E-state index in [0.29, 0.717) is 17.5 Å². The fourth-order valence-electron chi connectivity index (χ4n) is 8.56. The Hall–Kier alpha value is -7.89. The van der Waals surface area contributed by atoms with Gasteiger partial charge in [0.05, 0.1) is 16.7 Å². The highest BCUT2D eigenvalue weighted by atomic mass is 16.3. The molecule has 0 fully saturated rings. The molecule has 0 atom stereocenters. The van der Waals surface area contributed by atoms with Crippen molar-refractivity contribution in [1.82, 2.24) is 19.5 Å². The van der Waals surface area contributed by atoms with Crippen molar-refractivity contribution >= 4 is 65.3 Å². The molecule has 0 N–H and O–H groups in total. The fourth-order valence-corrected chi connectivity index (χ4v) is 8.56. The summed E-state index contributed by atoms with van der Waals surface area (Å²) in [6, 6.07) is 68.1. The van der Waals surface area contributed by atoms with E-state index in [4.69, 9.17) is 19.4 Å². The average molecular weight is 741 g/mol. The van der Waals surface area contributed by atoms with E-state index < -0.39 is 0 Å². The zero-order valence-corrected chi connectivity index (χ0v) is 31.2. The van der Waals surface area contributed by atoms with Gasteiger partial charge >= 0.3 is 0 Å². The third-order valence-electron chi connectivity index (χ3n) is 11.4. The van der Waals surface area contributed by atoms with E-state index in [1.807, 2.05) is 18.2 Å². The molecule has 0 aliphatic carbocycles. The molecule has 0 radical (unpaired) electrons. The van der Waals surface area contributed by atoms with Gasteiger partial charge in [0.15, 0.2) is 17.5 Å². The third-order valence-corrected chi connectivity index (χ3v) is 11.4. The van der Waals surface area contributed by atoms with Crippen molar-refractivity contribution in [3.63, 3.8) is 0 Å². The Morgan fingerprint density at radius 2 is 0.914 bits per heavy atom. The summed E-state index contributed by atoms with van der Waals surface area (Å²) in [6.07, 6.45) is 0. The zero-order valence-electron chi connectivity index (χ0n) is 31.2. The van der Waals surface area contributed by atoms with Crippen LogP contribution in [0.25, 0.3) is 116 Å². The highest BCUT2D eigenvalue weighted by Gasteiger charge is 2.22. The van der Waals surface area contributed by atoms with Gasteiger partial charge in [-0.15, -0.1) is 0 Å². The molecule has 0 amide bonds. The van der Waals surface area contributed by atoms with Crippen LogP contribution < -0.4 is 0 Å². The number of furan rings is 1. The molecule has 270 valence electrons. The van der Waals surface area contributed by atoms with Crippen molar-refractivity contribution in [1.29, 1.82) is 0 Å². The largest absolute Gasteiger partial charge is 0.456 e. The van der Waals surface area contributed by atoms with Gasteiger partial charge in [-0.3, -0.25) is 0 Å². The zero-order chi connectivity index (χ0) is 38.2. The number of rotatable bonds is 5. The topological polar surface area (TPSA) is 56.7 Å². The second-order valence-corrected chi connectivity index (χ2v) is 14.8. The lowest BCUT2D eigenvalue weighted by Gasteiger charge is -2.15. The maximum atomic E-state index is 6.57. The van der Waals surface area contributed by atoms with Crippen LogP contribution in [0, 0.1) is 0 Å². The van der Waals surface area contributed by atoms with E-state index in [9.17, 15) is 0 Å². The van der Waals surface area contributed by atoms with Crippen molar-refractivity contribution in [2.45, 2.75) is 0 Å². The molecule has 0 saturated carbocycles. The Kier molecular flexibility index (Phi) is 7.16. The Morgan fingerprint density at radius 3 is 1.72 bits per heavy atom. The molecule has 58 heavy (non-hydrogen) atoms. The standard InChI is InChI=1S/C53H32N4O/c1-2-12-33(13-3-1)35-22-25-36(26-23-35)51-54-52(40-27-24-34-14-4-5-15-37(34)28-40)56-53(55-51)45-32-50-44(42-19-9-11-21-49(42)58-50)31-48(45)57-46-20-10-8-18-41(46)43-29-38-16-6-7-17-39(38)30-47(43)57/h1-32H. The van der Waals surface area contributed by atoms with E-state index in [0.717, 1.165) is 77.2 Å². The summed E-state index contributed by atoms with van der Waals surface area (Å²) >= 11 is 0. The molecule has 0 spiro atoms. The fraction of sp³-hybridized carbons (Fsp3) is 0. The quantitative estimate of drug-likeness (QED) is 0.176. The first-order chi connectivity index (χ1) is 28.7. The summed E-state index contributed by atoms with van der Waals surface area (Å²) in [5.74, 6) is 1.75. The number of hydrogen-bond acceptors (Lipinski definition) is 4. The van der Waals surface area contributed by atoms with Gasteiger partial charge in [0.1, 0.15) is 11.2 Å². The van der Waals surface area contributed by atoms with Gasteiger partial charge in [-0.1, -0.05) is 152 Å². The normalized spacial score (nSPS) is 11.8. The van der Waals surface area contributed by atoms with Crippen LogP contribution in [0.2, 0.25) is 0 Å². The summed E-state index contributed by atoms with van der Waals surface area (Å²) in [6.45, 7) is 0. The lowest BCUT2D eigenvalue weighted by molar-refractivity contribution is 0.669. The second kappa shape index (κ2) is 12.8. The van der Waals surface area contributed by atoms with Gasteiger partial charge in [0.2, 0.25) is 0 Å². The Labute approximate surface area is 333 Å². The minimum atomic E-state index is 0.560. The molecule has 0 aliphatic rings. The van der Waals surface area contributed by atoms with Crippen LogP contribution in [0.15, 0.2) is 199 Å². The molecular formula is C53H32N4O. The van der Waals surface area contributed by atoms with Crippen LogP contribution in [-0.4, -0.2) is 19.5 Å². The van der Waals surface area contributed by atoms with Crippen LogP contribution in [0.5, 0.6) is 0 Å². The summed E-state index contributed by atoms with van der Waals surface area (Å²) in [5, 5.41) is 9.11. The van der Waals surface area contributed by atoms with Crippen molar-refractivity contribution in [3.8, 4) is 51.0 Å². The first-order valence-corrected chi connectivity index (χ1v) is 19.5. The Morgan fingerprint density at radius 1 is 0.328 bits per heavy atom. The van der Waals surface area contributed by atoms with Gasteiger partial charge in [0, 0.05) is 38.2 Å². The Bertz CT molecular complexity index is 3560. The molecule has 0 saturated heterocycles. The van der Waals surface area contributed by atoms with E-state index in [1.54, 1.807) is 0 Å². The van der Waals surface area contributed by atoms with Crippen LogP contribution in [0.1, 0.15) is 0 Å². The minimum Gasteiger partial charge on any atom is -0.456 e. The molecular weight excluding hydrogens is 709 g/mol. The lowest BCUT2D eigenvalue weighted by Crippen LogP contribution is -2.04. The summed E-state index contributed by atoms with van der Waals surface area (Å²) < 4.78 is 8.95. The molecule has 0 bridgehead atoms. The summed E-state index contributed by atoms with van der Waals surface area (Å²) in [4.78, 5) is 15.8. The van der Waals surface area contributed by atoms with Crippen molar-refractivity contribution < 1.29 is 4.42 Å². The maximum absolute atomic E-state index is 6.57. The van der Waals surface area contributed by atoms with Crippen LogP contribution >= 0.6 is 0 Å². The van der Waals surface area contributed by atoms with Gasteiger partial charge in [-0.25, -0.2) is 15.0 Å². The molecule has 3 heterocycles. The van der Waals surface area contributed by atoms with Crippen LogP contribution in [0.3, 0.4) is 0 Å². The van der Waals surface area contributed by atoms with E-state index in [2.05, 4.69) is 180 Å². The molecule has 5 nitrogen and oxygen atoms in total. The molecule has 0 aliphatic heterocycles. The summed E-state index contributed by atoms with van der Waals surface area (Å²) in [7, 11) is 0. The number of para-hydroxylation sites is 2. The van der Waals surface area contributed by atoms with Gasteiger partial charge in [-0.2, -0.15) is 0 Å². The smallest absolute Gasteiger partial charge is 0.166 e. The van der Waals surface area contributed by atoms with Gasteiger partial charge < -0.3 is 8.98 Å². The lowest BCUT2D eigenvalue weighted by atomic mass is 10.0. The number of benzene rings is 9. The predicted molar refractivity (Wildman–Crippen MR) is 238 cm³/mol. The molecule has 0 unspecified atom stereocenters. The number of fused-ring (bicyclic) bond motifs is 8. The first-order valence-electron chi connectivity index (χ1n) is 19.5. The SMILES string of the molecule is c1ccc(-c2ccc(-c3nc(-c4ccc5ccccc5c4)nc(-c4cc5oc6ccccc6c5cc4-n4c5ccccc5c5cc6ccccc6cc54)n3)cc2)cc1. The van der Waals surface area contributed by atoms with Gasteiger partial charge in [-0.05, 0) is 75.1 Å². The predicted octanol–water partition coefficient (Wildman–Crippen LogP) is 13.8. The Balaban J connectivity index is 1.16. The van der Waals surface area contributed by atoms with Crippen LogP contribution in [0.4, 0.5) is 0 Å². The van der Waals surface area contributed by atoms with Crippen molar-refractivity contribution in [2.24, 2.45) is 0 Å². The van der Waals surface area contributed by atoms with Crippen molar-refractivity contribution in [3.05, 3.63) is 194 Å². The van der Waals surface area contributed by atoms with E-state index >= 15 is 0 Å². The molecule has 12 aromatic rings. The molecule has 5 heteroatoms. The van der Waals surface area contributed by atoms with Crippen LogP contribution in [-0.2, 0) is 0 Å². The van der Waals surface area contributed by atoms with E-state index in [1.165, 1.54) is 21.5 Å². The minimum absolute atomic E-state index is 0.560. The van der Waals surface area contributed by atoms with E-state index in [-0.39, 0.29) is 0 Å². The summed E-state index contributed by atoms with van der Waals surface area (Å²) in [5.41, 5.74) is 9.72. The highest BCUT2D eigenvalue weighted by molar-refractivity contribution is 6.15. The number of hydrogen-bond donors (Lipinski definition) is 0. The third kappa shape index (κ3) is 5.21. The molecule has 12 rings (SSSR count). The highest BCUT2D eigenvalue weighted by Crippen LogP contribution is 2.41. The maximum Gasteiger partial charge on any atom is 0.166 e. The van der Waals surface area contributed by atoms with Gasteiger partial charge in [0.25, 0.3) is 0 Å². The second-order valence-electron chi connectivity index (χ2n) is 14.8.